The molecular weight excluding hydrogens is 228 g/mol. The average molecular weight is 241 g/mol. The highest BCUT2D eigenvalue weighted by atomic mass is 35.5. The Hall–Kier alpha value is -1.13. The van der Waals surface area contributed by atoms with Crippen LogP contribution in [-0.2, 0) is 0 Å². The van der Waals surface area contributed by atoms with Gasteiger partial charge < -0.3 is 5.73 Å². The van der Waals surface area contributed by atoms with Gasteiger partial charge in [0.1, 0.15) is 0 Å². The van der Waals surface area contributed by atoms with Crippen LogP contribution in [-0.4, -0.2) is 11.0 Å². The number of hydrogen-bond acceptors (Lipinski definition) is 3. The van der Waals surface area contributed by atoms with Crippen molar-refractivity contribution in [3.8, 4) is 0 Å². The van der Waals surface area contributed by atoms with E-state index in [0.717, 1.165) is 5.56 Å². The first-order valence-corrected chi connectivity index (χ1v) is 5.43. The second-order valence-electron chi connectivity index (χ2n) is 4.79. The predicted molar refractivity (Wildman–Crippen MR) is 62.6 cm³/mol. The van der Waals surface area contributed by atoms with Gasteiger partial charge in [0.25, 0.3) is 5.69 Å². The second-order valence-corrected chi connectivity index (χ2v) is 5.19. The number of nitro benzene ring substituents is 1. The summed E-state index contributed by atoms with van der Waals surface area (Å²) in [5, 5.41) is 11.2. The molecule has 1 fully saturated rings. The van der Waals surface area contributed by atoms with Gasteiger partial charge in [0, 0.05) is 29.1 Å². The molecule has 1 aliphatic carbocycles. The first-order chi connectivity index (χ1) is 7.35. The molecule has 0 aromatic heterocycles. The molecule has 86 valence electrons. The number of non-ortho nitro benzene ring substituents is 1. The van der Waals surface area contributed by atoms with E-state index in [1.807, 2.05) is 13.8 Å². The van der Waals surface area contributed by atoms with Crippen LogP contribution in [0.25, 0.3) is 0 Å². The lowest BCUT2D eigenvalue weighted by molar-refractivity contribution is -0.384. The molecule has 0 aliphatic heterocycles. The van der Waals surface area contributed by atoms with Gasteiger partial charge in [-0.1, -0.05) is 25.4 Å². The van der Waals surface area contributed by atoms with Gasteiger partial charge in [-0.15, -0.1) is 0 Å². The van der Waals surface area contributed by atoms with Gasteiger partial charge in [-0.3, -0.25) is 10.1 Å². The summed E-state index contributed by atoms with van der Waals surface area (Å²) >= 11 is 6.05. The summed E-state index contributed by atoms with van der Waals surface area (Å²) in [6.45, 7) is 4.08. The first-order valence-electron chi connectivity index (χ1n) is 5.05. The minimum absolute atomic E-state index is 0.0204. The van der Waals surface area contributed by atoms with Crippen molar-refractivity contribution in [3.05, 3.63) is 38.9 Å². The van der Waals surface area contributed by atoms with Crippen molar-refractivity contribution >= 4 is 17.3 Å². The number of rotatable bonds is 2. The molecule has 0 heterocycles. The van der Waals surface area contributed by atoms with Crippen molar-refractivity contribution in [3.63, 3.8) is 0 Å². The first kappa shape index (κ1) is 11.4. The highest BCUT2D eigenvalue weighted by Gasteiger charge is 2.57. The van der Waals surface area contributed by atoms with Gasteiger partial charge in [-0.05, 0) is 17.0 Å². The topological polar surface area (TPSA) is 69.2 Å². The molecule has 0 amide bonds. The third-order valence-electron chi connectivity index (χ3n) is 3.44. The molecule has 1 saturated carbocycles. The summed E-state index contributed by atoms with van der Waals surface area (Å²) in [4.78, 5) is 10.3. The van der Waals surface area contributed by atoms with Gasteiger partial charge in [0.05, 0.1) is 4.92 Å². The summed E-state index contributed by atoms with van der Waals surface area (Å²) in [5.41, 5.74) is 6.76. The number of nitrogens with two attached hydrogens (primary N) is 1. The van der Waals surface area contributed by atoms with Crippen LogP contribution in [0.1, 0.15) is 25.3 Å². The Morgan fingerprint density at radius 2 is 2.06 bits per heavy atom. The Morgan fingerprint density at radius 3 is 2.50 bits per heavy atom. The largest absolute Gasteiger partial charge is 0.327 e. The molecule has 5 heteroatoms. The molecule has 0 saturated heterocycles. The molecule has 0 spiro atoms. The van der Waals surface area contributed by atoms with Crippen LogP contribution >= 0.6 is 11.6 Å². The minimum atomic E-state index is -0.416. The lowest BCUT2D eigenvalue weighted by Crippen LogP contribution is -2.06. The zero-order valence-electron chi connectivity index (χ0n) is 9.11. The number of hydrogen-bond donors (Lipinski definition) is 1. The number of nitrogens with zero attached hydrogens (tertiary/aromatic N) is 1. The van der Waals surface area contributed by atoms with Crippen LogP contribution < -0.4 is 5.73 Å². The lowest BCUT2D eigenvalue weighted by atomic mass is 10.0. The van der Waals surface area contributed by atoms with E-state index in [0.29, 0.717) is 5.02 Å². The Morgan fingerprint density at radius 1 is 1.50 bits per heavy atom. The molecule has 16 heavy (non-hydrogen) atoms. The fraction of sp³-hybridized carbons (Fsp3) is 0.455. The van der Waals surface area contributed by atoms with Crippen LogP contribution in [0.4, 0.5) is 5.69 Å². The van der Waals surface area contributed by atoms with Crippen molar-refractivity contribution in [1.29, 1.82) is 0 Å². The Balaban J connectivity index is 2.42. The fourth-order valence-corrected chi connectivity index (χ4v) is 2.39. The highest BCUT2D eigenvalue weighted by molar-refractivity contribution is 6.31. The number of benzene rings is 1. The van der Waals surface area contributed by atoms with Gasteiger partial charge in [0.15, 0.2) is 0 Å². The van der Waals surface area contributed by atoms with E-state index >= 15 is 0 Å². The molecule has 4 nitrogen and oxygen atoms in total. The van der Waals surface area contributed by atoms with Crippen LogP contribution in [0.2, 0.25) is 5.02 Å². The third-order valence-corrected chi connectivity index (χ3v) is 3.78. The maximum atomic E-state index is 10.7. The van der Waals surface area contributed by atoms with Crippen molar-refractivity contribution in [1.82, 2.24) is 0 Å². The number of nitro groups is 1. The van der Waals surface area contributed by atoms with Gasteiger partial charge in [-0.2, -0.15) is 0 Å². The van der Waals surface area contributed by atoms with Crippen molar-refractivity contribution < 1.29 is 4.92 Å². The van der Waals surface area contributed by atoms with Crippen LogP contribution in [0.15, 0.2) is 18.2 Å². The summed E-state index contributed by atoms with van der Waals surface area (Å²) in [6, 6.07) is 4.52. The molecule has 1 aliphatic rings. The zero-order chi connectivity index (χ0) is 12.1. The van der Waals surface area contributed by atoms with Gasteiger partial charge >= 0.3 is 0 Å². The quantitative estimate of drug-likeness (QED) is 0.638. The second kappa shape index (κ2) is 3.43. The smallest absolute Gasteiger partial charge is 0.269 e. The Labute approximate surface area is 98.5 Å². The molecule has 2 atom stereocenters. The van der Waals surface area contributed by atoms with E-state index in [1.165, 1.54) is 12.1 Å². The van der Waals surface area contributed by atoms with Gasteiger partial charge in [-0.25, -0.2) is 0 Å². The van der Waals surface area contributed by atoms with Crippen molar-refractivity contribution in [2.24, 2.45) is 11.1 Å². The minimum Gasteiger partial charge on any atom is -0.327 e. The SMILES string of the molecule is CC1(C)[C@H](N)[C@H]1c1cc([N+](=O)[O-])ccc1Cl. The average Bonchev–Trinajstić information content (AvgIpc) is 2.67. The Kier molecular flexibility index (Phi) is 2.44. The van der Waals surface area contributed by atoms with E-state index < -0.39 is 4.92 Å². The molecule has 2 N–H and O–H groups in total. The van der Waals surface area contributed by atoms with E-state index in [-0.39, 0.29) is 23.1 Å². The summed E-state index contributed by atoms with van der Waals surface area (Å²) in [7, 11) is 0. The van der Waals surface area contributed by atoms with Crippen LogP contribution in [0, 0.1) is 15.5 Å². The molecular formula is C11H13ClN2O2. The number of halogens is 1. The predicted octanol–water partition coefficient (Wildman–Crippen LogP) is 2.70. The van der Waals surface area contributed by atoms with Gasteiger partial charge in [0.2, 0.25) is 0 Å². The summed E-state index contributed by atoms with van der Waals surface area (Å²) in [5.74, 6) is 0.111. The maximum Gasteiger partial charge on any atom is 0.269 e. The van der Waals surface area contributed by atoms with Crippen LogP contribution in [0.3, 0.4) is 0 Å². The van der Waals surface area contributed by atoms with E-state index in [4.69, 9.17) is 17.3 Å². The fourth-order valence-electron chi connectivity index (χ4n) is 2.15. The zero-order valence-corrected chi connectivity index (χ0v) is 9.86. The normalized spacial score (nSPS) is 26.5. The summed E-state index contributed by atoms with van der Waals surface area (Å²) < 4.78 is 0. The third kappa shape index (κ3) is 1.58. The van der Waals surface area contributed by atoms with E-state index in [2.05, 4.69) is 0 Å². The maximum absolute atomic E-state index is 10.7. The van der Waals surface area contributed by atoms with Crippen LogP contribution in [0.5, 0.6) is 0 Å². The molecule has 0 radical (unpaired) electrons. The van der Waals surface area contributed by atoms with Crippen molar-refractivity contribution in [2.45, 2.75) is 25.8 Å². The summed E-state index contributed by atoms with van der Waals surface area (Å²) in [6.07, 6.45) is 0. The van der Waals surface area contributed by atoms with Crippen molar-refractivity contribution in [2.75, 3.05) is 0 Å². The van der Waals surface area contributed by atoms with E-state index in [9.17, 15) is 10.1 Å². The molecule has 0 unspecified atom stereocenters. The van der Waals surface area contributed by atoms with E-state index in [1.54, 1.807) is 6.07 Å². The molecule has 0 bridgehead atoms. The molecule has 1 aromatic carbocycles. The highest BCUT2D eigenvalue weighted by Crippen LogP contribution is 2.58. The lowest BCUT2D eigenvalue weighted by Gasteiger charge is -2.05. The Bertz CT molecular complexity index is 459. The molecule has 1 aromatic rings. The monoisotopic (exact) mass is 240 g/mol. The molecule has 2 rings (SSSR count). The standard InChI is InChI=1S/C11H13ClN2O2/c1-11(2)9(10(11)13)7-5-6(14(15)16)3-4-8(7)12/h3-5,9-10H,13H2,1-2H3/t9-,10-/m1/s1.